The van der Waals surface area contributed by atoms with Crippen molar-refractivity contribution in [3.8, 4) is 0 Å². The van der Waals surface area contributed by atoms with E-state index in [0.717, 1.165) is 5.56 Å². The number of benzene rings is 1. The van der Waals surface area contributed by atoms with Crippen molar-refractivity contribution in [2.45, 2.75) is 6.10 Å². The van der Waals surface area contributed by atoms with E-state index in [1.54, 1.807) is 11.2 Å². The summed E-state index contributed by atoms with van der Waals surface area (Å²) in [5.74, 6) is 0.287. The molecule has 6 heteroatoms. The highest BCUT2D eigenvalue weighted by Crippen LogP contribution is 2.14. The van der Waals surface area contributed by atoms with Crippen molar-refractivity contribution in [1.29, 1.82) is 0 Å². The maximum atomic E-state index is 9.86. The van der Waals surface area contributed by atoms with E-state index in [2.05, 4.69) is 5.59 Å². The molecular formula is C10H14ClN3O2. The molecule has 2 rings (SSSR count). The summed E-state index contributed by atoms with van der Waals surface area (Å²) in [6.07, 6.45) is 1.01. The quantitative estimate of drug-likeness (QED) is 0.727. The summed E-state index contributed by atoms with van der Waals surface area (Å²) >= 11 is 0. The summed E-state index contributed by atoms with van der Waals surface area (Å²) in [6.45, 7) is 0.380. The molecule has 1 unspecified atom stereocenters. The second-order valence-electron chi connectivity index (χ2n) is 3.30. The molecule has 0 spiro atoms. The Hall–Kier alpha value is -1.43. The van der Waals surface area contributed by atoms with E-state index in [0.29, 0.717) is 6.54 Å². The summed E-state index contributed by atoms with van der Waals surface area (Å²) in [5.41, 5.74) is 8.81. The zero-order valence-electron chi connectivity index (χ0n) is 8.54. The Morgan fingerprint density at radius 2 is 2.06 bits per heavy atom. The molecule has 4 N–H and O–H groups in total. The lowest BCUT2D eigenvalue weighted by atomic mass is 10.1. The molecule has 0 aliphatic carbocycles. The van der Waals surface area contributed by atoms with Gasteiger partial charge in [0.15, 0.2) is 0 Å². The number of β-amino-alcohol motifs (C(OH)–C–C–N with tert-alkyl or cyclic N) is 1. The van der Waals surface area contributed by atoms with Crippen molar-refractivity contribution < 1.29 is 9.94 Å². The molecule has 1 heterocycles. The third-order valence-electron chi connectivity index (χ3n) is 2.12. The lowest BCUT2D eigenvalue weighted by Crippen LogP contribution is -2.31. The number of hydrogen-bond acceptors (Lipinski definition) is 5. The van der Waals surface area contributed by atoms with E-state index in [1.807, 2.05) is 30.3 Å². The molecule has 0 saturated heterocycles. The highest BCUT2D eigenvalue weighted by Gasteiger charge is 2.15. The predicted octanol–water partition coefficient (Wildman–Crippen LogP) is 0.651. The van der Waals surface area contributed by atoms with Crippen molar-refractivity contribution >= 4 is 12.4 Å². The van der Waals surface area contributed by atoms with Gasteiger partial charge in [-0.05, 0) is 5.56 Å². The molecule has 88 valence electrons. The number of aliphatic hydroxyl groups is 1. The zero-order chi connectivity index (χ0) is 10.7. The molecule has 16 heavy (non-hydrogen) atoms. The summed E-state index contributed by atoms with van der Waals surface area (Å²) < 4.78 is 0. The van der Waals surface area contributed by atoms with Crippen molar-refractivity contribution in [3.05, 3.63) is 48.0 Å². The molecule has 0 aromatic heterocycles. The van der Waals surface area contributed by atoms with E-state index >= 15 is 0 Å². The normalized spacial score (nSPS) is 16.1. The second-order valence-corrected chi connectivity index (χ2v) is 3.30. The van der Waals surface area contributed by atoms with Crippen molar-refractivity contribution in [2.24, 2.45) is 5.73 Å². The van der Waals surface area contributed by atoms with Crippen LogP contribution >= 0.6 is 12.4 Å². The smallest absolute Gasteiger partial charge is 0.229 e. The van der Waals surface area contributed by atoms with Gasteiger partial charge in [0.1, 0.15) is 0 Å². The van der Waals surface area contributed by atoms with E-state index in [-0.39, 0.29) is 18.3 Å². The molecule has 0 bridgehead atoms. The van der Waals surface area contributed by atoms with Gasteiger partial charge >= 0.3 is 0 Å². The van der Waals surface area contributed by atoms with Crippen LogP contribution in [0.4, 0.5) is 0 Å². The Kier molecular flexibility index (Phi) is 4.42. The fraction of sp³-hybridized carbons (Fsp3) is 0.200. The second kappa shape index (κ2) is 5.60. The van der Waals surface area contributed by atoms with E-state index in [4.69, 9.17) is 10.6 Å². The largest absolute Gasteiger partial charge is 0.386 e. The first-order valence-electron chi connectivity index (χ1n) is 4.65. The van der Waals surface area contributed by atoms with Gasteiger partial charge in [0.2, 0.25) is 5.88 Å². The van der Waals surface area contributed by atoms with Crippen LogP contribution in [0.2, 0.25) is 0 Å². The Labute approximate surface area is 99.8 Å². The Morgan fingerprint density at radius 3 is 2.62 bits per heavy atom. The third-order valence-corrected chi connectivity index (χ3v) is 2.12. The maximum Gasteiger partial charge on any atom is 0.229 e. The van der Waals surface area contributed by atoms with Crippen LogP contribution in [0.5, 0.6) is 0 Å². The van der Waals surface area contributed by atoms with Crippen LogP contribution in [0.25, 0.3) is 0 Å². The first-order chi connectivity index (χ1) is 7.25. The van der Waals surface area contributed by atoms with Gasteiger partial charge in [-0.2, -0.15) is 0 Å². The SMILES string of the molecule is Cl.NC1=CN(CC(O)c2ccccc2)NO1. The van der Waals surface area contributed by atoms with Crippen LogP contribution in [0.1, 0.15) is 11.7 Å². The molecule has 1 aromatic carbocycles. The number of nitrogens with one attached hydrogen (secondary N) is 1. The minimum atomic E-state index is -0.579. The molecule has 0 fully saturated rings. The fourth-order valence-corrected chi connectivity index (χ4v) is 1.37. The van der Waals surface area contributed by atoms with Crippen LogP contribution in [0.15, 0.2) is 42.4 Å². The first-order valence-corrected chi connectivity index (χ1v) is 4.65. The Morgan fingerprint density at radius 1 is 1.38 bits per heavy atom. The van der Waals surface area contributed by atoms with Gasteiger partial charge in [0.05, 0.1) is 18.8 Å². The van der Waals surface area contributed by atoms with Crippen molar-refractivity contribution in [3.63, 3.8) is 0 Å². The minimum Gasteiger partial charge on any atom is -0.386 e. The Bertz CT molecular complexity index is 358. The average molecular weight is 244 g/mol. The molecule has 0 saturated carbocycles. The van der Waals surface area contributed by atoms with Crippen LogP contribution in [0, 0.1) is 0 Å². The monoisotopic (exact) mass is 243 g/mol. The van der Waals surface area contributed by atoms with Crippen LogP contribution in [-0.4, -0.2) is 16.7 Å². The molecule has 1 atom stereocenters. The fourth-order valence-electron chi connectivity index (χ4n) is 1.37. The minimum absolute atomic E-state index is 0. The average Bonchev–Trinajstić information content (AvgIpc) is 2.65. The predicted molar refractivity (Wildman–Crippen MR) is 61.8 cm³/mol. The lowest BCUT2D eigenvalue weighted by Gasteiger charge is -2.18. The van der Waals surface area contributed by atoms with Gasteiger partial charge in [-0.1, -0.05) is 35.9 Å². The standard InChI is InChI=1S/C10H13N3O2.ClH/c11-10-7-13(12-15-10)6-9(14)8-4-2-1-3-5-8;/h1-5,7,9,12,14H,6,11H2;1H. The van der Waals surface area contributed by atoms with Crippen LogP contribution < -0.4 is 11.3 Å². The van der Waals surface area contributed by atoms with E-state index < -0.39 is 6.10 Å². The summed E-state index contributed by atoms with van der Waals surface area (Å²) in [6, 6.07) is 9.42. The number of hydrogen-bond donors (Lipinski definition) is 3. The highest BCUT2D eigenvalue weighted by atomic mass is 35.5. The summed E-state index contributed by atoms with van der Waals surface area (Å²) in [5, 5.41) is 11.5. The molecule has 1 aliphatic rings. The van der Waals surface area contributed by atoms with Crippen LogP contribution in [-0.2, 0) is 4.84 Å². The van der Waals surface area contributed by atoms with Gasteiger partial charge in [0, 0.05) is 0 Å². The molecule has 0 amide bonds. The van der Waals surface area contributed by atoms with Gasteiger partial charge in [-0.3, -0.25) is 5.01 Å². The highest BCUT2D eigenvalue weighted by molar-refractivity contribution is 5.85. The molecule has 5 nitrogen and oxygen atoms in total. The number of rotatable bonds is 3. The third kappa shape index (κ3) is 3.03. The van der Waals surface area contributed by atoms with Crippen LogP contribution in [0.3, 0.4) is 0 Å². The van der Waals surface area contributed by atoms with Gasteiger partial charge in [0.25, 0.3) is 0 Å². The van der Waals surface area contributed by atoms with Crippen molar-refractivity contribution in [2.75, 3.05) is 6.54 Å². The number of nitrogens with zero attached hydrogens (tertiary/aromatic N) is 1. The summed E-state index contributed by atoms with van der Waals surface area (Å²) in [7, 11) is 0. The van der Waals surface area contributed by atoms with Crippen molar-refractivity contribution in [1.82, 2.24) is 10.6 Å². The van der Waals surface area contributed by atoms with E-state index in [1.165, 1.54) is 0 Å². The number of hydrazine groups is 1. The molecule has 0 radical (unpaired) electrons. The first kappa shape index (κ1) is 12.6. The molecule has 1 aromatic rings. The molecule has 1 aliphatic heterocycles. The van der Waals surface area contributed by atoms with Gasteiger partial charge < -0.3 is 15.7 Å². The Balaban J connectivity index is 0.00000128. The van der Waals surface area contributed by atoms with Gasteiger partial charge in [-0.25, -0.2) is 0 Å². The number of halogens is 1. The number of aliphatic hydroxyl groups excluding tert-OH is 1. The van der Waals surface area contributed by atoms with Gasteiger partial charge in [-0.15, -0.1) is 12.4 Å². The maximum absolute atomic E-state index is 9.86. The zero-order valence-corrected chi connectivity index (χ0v) is 9.35. The topological polar surface area (TPSA) is 70.8 Å². The lowest BCUT2D eigenvalue weighted by molar-refractivity contribution is -0.00258. The summed E-state index contributed by atoms with van der Waals surface area (Å²) in [4.78, 5) is 4.81. The molecular weight excluding hydrogens is 230 g/mol. The number of nitrogens with two attached hydrogens (primary N) is 1. The van der Waals surface area contributed by atoms with E-state index in [9.17, 15) is 5.11 Å².